The van der Waals surface area contributed by atoms with Crippen molar-refractivity contribution in [1.82, 2.24) is 10.3 Å². The zero-order valence-corrected chi connectivity index (χ0v) is 11.3. The first-order chi connectivity index (χ1) is 7.81. The second-order valence-electron chi connectivity index (χ2n) is 3.72. The summed E-state index contributed by atoms with van der Waals surface area (Å²) in [5, 5.41) is 8.82. The van der Waals surface area contributed by atoms with Crippen molar-refractivity contribution >= 4 is 22.7 Å². The lowest BCUT2D eigenvalue weighted by atomic mass is 10.3. The van der Waals surface area contributed by atoms with Crippen LogP contribution in [0.1, 0.15) is 23.9 Å². The van der Waals surface area contributed by atoms with Gasteiger partial charge in [0.2, 0.25) is 0 Å². The molecule has 0 bridgehead atoms. The third kappa shape index (κ3) is 2.70. The van der Waals surface area contributed by atoms with E-state index in [4.69, 9.17) is 0 Å². The second-order valence-corrected chi connectivity index (χ2v) is 5.58. The lowest BCUT2D eigenvalue weighted by Gasteiger charge is -1.99. The number of nitrogens with zero attached hydrogens (tertiary/aromatic N) is 1. The number of hydrogen-bond donors (Lipinski definition) is 1. The molecule has 1 N–H and O–H groups in total. The molecular formula is C12H16N2S2. The quantitative estimate of drug-likeness (QED) is 0.821. The summed E-state index contributed by atoms with van der Waals surface area (Å²) < 4.78 is 0. The summed E-state index contributed by atoms with van der Waals surface area (Å²) in [5.74, 6) is 0. The average Bonchev–Trinajstić information content (AvgIpc) is 2.88. The Morgan fingerprint density at radius 1 is 1.44 bits per heavy atom. The number of rotatable bonds is 5. The molecule has 0 spiro atoms. The molecule has 0 fully saturated rings. The van der Waals surface area contributed by atoms with Crippen LogP contribution in [0.4, 0.5) is 0 Å². The highest BCUT2D eigenvalue weighted by molar-refractivity contribution is 7.15. The van der Waals surface area contributed by atoms with Gasteiger partial charge in [-0.05, 0) is 31.3 Å². The van der Waals surface area contributed by atoms with Crippen LogP contribution in [0.5, 0.6) is 0 Å². The van der Waals surface area contributed by atoms with Gasteiger partial charge in [0.15, 0.2) is 0 Å². The van der Waals surface area contributed by atoms with E-state index in [0.717, 1.165) is 23.8 Å². The van der Waals surface area contributed by atoms with Crippen molar-refractivity contribution < 1.29 is 0 Å². The molecule has 0 unspecified atom stereocenters. The second kappa shape index (κ2) is 5.57. The summed E-state index contributed by atoms with van der Waals surface area (Å²) >= 11 is 3.52. The third-order valence-electron chi connectivity index (χ3n) is 2.37. The maximum atomic E-state index is 4.62. The van der Waals surface area contributed by atoms with Gasteiger partial charge in [-0.15, -0.1) is 11.3 Å². The van der Waals surface area contributed by atoms with E-state index >= 15 is 0 Å². The van der Waals surface area contributed by atoms with E-state index in [1.807, 2.05) is 0 Å². The molecule has 0 saturated carbocycles. The number of thiophene rings is 1. The lowest BCUT2D eigenvalue weighted by Crippen LogP contribution is -2.13. The van der Waals surface area contributed by atoms with Crippen LogP contribution in [-0.4, -0.2) is 11.5 Å². The fourth-order valence-corrected chi connectivity index (χ4v) is 3.22. The van der Waals surface area contributed by atoms with Gasteiger partial charge in [-0.25, -0.2) is 4.98 Å². The van der Waals surface area contributed by atoms with E-state index in [9.17, 15) is 0 Å². The fourth-order valence-electron chi connectivity index (χ4n) is 1.48. The minimum absolute atomic E-state index is 0.946. The van der Waals surface area contributed by atoms with E-state index in [1.165, 1.54) is 16.9 Å². The Morgan fingerprint density at radius 2 is 2.31 bits per heavy atom. The van der Waals surface area contributed by atoms with E-state index in [0.29, 0.717) is 0 Å². The summed E-state index contributed by atoms with van der Waals surface area (Å²) in [6.07, 6.45) is 1.18. The van der Waals surface area contributed by atoms with Crippen molar-refractivity contribution in [1.29, 1.82) is 0 Å². The molecule has 2 aromatic rings. The van der Waals surface area contributed by atoms with Crippen LogP contribution in [0.2, 0.25) is 0 Å². The van der Waals surface area contributed by atoms with Gasteiger partial charge in [-0.2, -0.15) is 11.3 Å². The van der Waals surface area contributed by atoms with E-state index in [2.05, 4.69) is 41.0 Å². The van der Waals surface area contributed by atoms with Gasteiger partial charge in [0.25, 0.3) is 0 Å². The Bertz CT molecular complexity index is 432. The van der Waals surface area contributed by atoms with Crippen LogP contribution in [0.3, 0.4) is 0 Å². The molecule has 0 atom stereocenters. The van der Waals surface area contributed by atoms with Crippen molar-refractivity contribution in [2.45, 2.75) is 26.8 Å². The molecule has 0 radical (unpaired) electrons. The summed E-state index contributed by atoms with van der Waals surface area (Å²) in [6.45, 7) is 6.30. The van der Waals surface area contributed by atoms with Gasteiger partial charge in [0.05, 0.1) is 5.69 Å². The molecule has 0 saturated heterocycles. The highest BCUT2D eigenvalue weighted by atomic mass is 32.1. The maximum Gasteiger partial charge on any atom is 0.124 e. The predicted octanol–water partition coefficient (Wildman–Crippen LogP) is 3.68. The minimum atomic E-state index is 0.946. The van der Waals surface area contributed by atoms with Crippen LogP contribution < -0.4 is 5.32 Å². The van der Waals surface area contributed by atoms with Gasteiger partial charge < -0.3 is 5.32 Å². The SMILES string of the molecule is CCCNCc1sc(-c2ccsc2)nc1C. The summed E-state index contributed by atoms with van der Waals surface area (Å²) in [5.41, 5.74) is 2.41. The summed E-state index contributed by atoms with van der Waals surface area (Å²) in [7, 11) is 0. The number of nitrogens with one attached hydrogen (secondary N) is 1. The molecule has 0 aromatic carbocycles. The number of thiazole rings is 1. The molecule has 2 aromatic heterocycles. The third-order valence-corrected chi connectivity index (χ3v) is 4.26. The molecule has 16 heavy (non-hydrogen) atoms. The van der Waals surface area contributed by atoms with Crippen LogP contribution in [-0.2, 0) is 6.54 Å². The molecular weight excluding hydrogens is 236 g/mol. The zero-order valence-electron chi connectivity index (χ0n) is 9.62. The first kappa shape index (κ1) is 11.8. The topological polar surface area (TPSA) is 24.9 Å². The van der Waals surface area contributed by atoms with Crippen LogP contribution in [0, 0.1) is 6.92 Å². The standard InChI is InChI=1S/C12H16N2S2/c1-3-5-13-7-11-9(2)14-12(16-11)10-4-6-15-8-10/h4,6,8,13H,3,5,7H2,1-2H3. The van der Waals surface area contributed by atoms with Gasteiger partial charge in [-0.1, -0.05) is 6.92 Å². The molecule has 4 heteroatoms. The lowest BCUT2D eigenvalue weighted by molar-refractivity contribution is 0.678. The monoisotopic (exact) mass is 252 g/mol. The molecule has 0 amide bonds. The molecule has 0 aliphatic carbocycles. The number of hydrogen-bond acceptors (Lipinski definition) is 4. The first-order valence-electron chi connectivity index (χ1n) is 5.51. The number of aromatic nitrogens is 1. The van der Waals surface area contributed by atoms with Crippen LogP contribution >= 0.6 is 22.7 Å². The Balaban J connectivity index is 2.10. The van der Waals surface area contributed by atoms with Gasteiger partial charge in [0, 0.05) is 22.4 Å². The Morgan fingerprint density at radius 3 is 3.00 bits per heavy atom. The van der Waals surface area contributed by atoms with Gasteiger partial charge >= 0.3 is 0 Å². The first-order valence-corrected chi connectivity index (χ1v) is 7.26. The summed E-state index contributed by atoms with van der Waals surface area (Å²) in [6, 6.07) is 2.13. The van der Waals surface area contributed by atoms with Crippen LogP contribution in [0.15, 0.2) is 16.8 Å². The van der Waals surface area contributed by atoms with Crippen molar-refractivity contribution in [3.05, 3.63) is 27.4 Å². The van der Waals surface area contributed by atoms with E-state index in [-0.39, 0.29) is 0 Å². The molecule has 2 rings (SSSR count). The highest BCUT2D eigenvalue weighted by Crippen LogP contribution is 2.29. The average molecular weight is 252 g/mol. The van der Waals surface area contributed by atoms with Crippen molar-refractivity contribution in [2.24, 2.45) is 0 Å². The smallest absolute Gasteiger partial charge is 0.124 e. The van der Waals surface area contributed by atoms with Crippen molar-refractivity contribution in [3.63, 3.8) is 0 Å². The molecule has 0 aliphatic rings. The fraction of sp³-hybridized carbons (Fsp3) is 0.417. The highest BCUT2D eigenvalue weighted by Gasteiger charge is 2.08. The number of aryl methyl sites for hydroxylation is 1. The maximum absolute atomic E-state index is 4.62. The summed E-state index contributed by atoms with van der Waals surface area (Å²) in [4.78, 5) is 5.97. The Kier molecular flexibility index (Phi) is 4.09. The molecule has 2 nitrogen and oxygen atoms in total. The zero-order chi connectivity index (χ0) is 11.4. The predicted molar refractivity (Wildman–Crippen MR) is 72.2 cm³/mol. The van der Waals surface area contributed by atoms with Gasteiger partial charge in [-0.3, -0.25) is 0 Å². The van der Waals surface area contributed by atoms with Crippen molar-refractivity contribution in [3.8, 4) is 10.6 Å². The normalized spacial score (nSPS) is 10.9. The Labute approximate surface area is 104 Å². The Hall–Kier alpha value is -0.710. The van der Waals surface area contributed by atoms with E-state index in [1.54, 1.807) is 22.7 Å². The minimum Gasteiger partial charge on any atom is -0.312 e. The van der Waals surface area contributed by atoms with Gasteiger partial charge in [0.1, 0.15) is 5.01 Å². The van der Waals surface area contributed by atoms with Crippen molar-refractivity contribution in [2.75, 3.05) is 6.54 Å². The van der Waals surface area contributed by atoms with Crippen LogP contribution in [0.25, 0.3) is 10.6 Å². The van der Waals surface area contributed by atoms with E-state index < -0.39 is 0 Å². The molecule has 0 aliphatic heterocycles. The molecule has 86 valence electrons. The molecule has 2 heterocycles. The largest absolute Gasteiger partial charge is 0.312 e.